The molecule has 4 heterocycles. The summed E-state index contributed by atoms with van der Waals surface area (Å²) in [6.07, 6.45) is 3.40. The van der Waals surface area contributed by atoms with Crippen LogP contribution in [0.15, 0.2) is 72.4 Å². The highest BCUT2D eigenvalue weighted by atomic mass is 32.1. The predicted molar refractivity (Wildman–Crippen MR) is 129 cm³/mol. The lowest BCUT2D eigenvalue weighted by Crippen LogP contribution is -2.02. The molecule has 0 aliphatic heterocycles. The van der Waals surface area contributed by atoms with E-state index < -0.39 is 0 Å². The summed E-state index contributed by atoms with van der Waals surface area (Å²) in [4.78, 5) is 17.7. The highest BCUT2D eigenvalue weighted by Gasteiger charge is 2.12. The Kier molecular flexibility index (Phi) is 4.92. The van der Waals surface area contributed by atoms with Crippen molar-refractivity contribution in [1.82, 2.24) is 44.5 Å². The van der Waals surface area contributed by atoms with Crippen LogP contribution in [0.4, 0.5) is 11.6 Å². The zero-order valence-electron chi connectivity index (χ0n) is 17.9. The van der Waals surface area contributed by atoms with Gasteiger partial charge in [0, 0.05) is 28.4 Å². The molecule has 0 radical (unpaired) electrons. The van der Waals surface area contributed by atoms with Crippen molar-refractivity contribution >= 4 is 34.3 Å². The van der Waals surface area contributed by atoms with E-state index >= 15 is 0 Å². The van der Waals surface area contributed by atoms with Crippen LogP contribution in [0.2, 0.25) is 0 Å². The van der Waals surface area contributed by atoms with Gasteiger partial charge in [-0.1, -0.05) is 34.0 Å². The van der Waals surface area contributed by atoms with Crippen molar-refractivity contribution in [3.63, 3.8) is 0 Å². The number of hydrogen-bond acceptors (Lipinski definition) is 10. The first kappa shape index (κ1) is 20.0. The molecule has 34 heavy (non-hydrogen) atoms. The monoisotopic (exact) mass is 464 g/mol. The summed E-state index contributed by atoms with van der Waals surface area (Å²) in [6, 6.07) is 17.6. The number of aromatic nitrogens is 9. The molecule has 0 aliphatic rings. The molecule has 0 saturated heterocycles. The van der Waals surface area contributed by atoms with Gasteiger partial charge in [0.2, 0.25) is 5.95 Å². The van der Waals surface area contributed by atoms with Crippen LogP contribution in [0, 0.1) is 6.92 Å². The Morgan fingerprint density at radius 3 is 2.62 bits per heavy atom. The summed E-state index contributed by atoms with van der Waals surface area (Å²) in [7, 11) is 0. The summed E-state index contributed by atoms with van der Waals surface area (Å²) in [5.74, 6) is 1.16. The molecule has 10 nitrogen and oxygen atoms in total. The van der Waals surface area contributed by atoms with Gasteiger partial charge in [0.1, 0.15) is 11.5 Å². The van der Waals surface area contributed by atoms with Crippen molar-refractivity contribution in [2.75, 3.05) is 5.32 Å². The number of benzene rings is 2. The van der Waals surface area contributed by atoms with Crippen molar-refractivity contribution in [2.45, 2.75) is 6.92 Å². The predicted octanol–water partition coefficient (Wildman–Crippen LogP) is 4.24. The minimum Gasteiger partial charge on any atom is -0.324 e. The topological polar surface area (TPSA) is 120 Å². The molecule has 6 rings (SSSR count). The number of aryl methyl sites for hydroxylation is 1. The fraction of sp³-hybridized carbons (Fsp3) is 0.0435. The maximum absolute atomic E-state index is 4.67. The van der Waals surface area contributed by atoms with Gasteiger partial charge < -0.3 is 5.32 Å². The summed E-state index contributed by atoms with van der Waals surface area (Å²) in [5.41, 5.74) is 6.51. The first-order chi connectivity index (χ1) is 16.7. The lowest BCUT2D eigenvalue weighted by atomic mass is 10.1. The Morgan fingerprint density at radius 1 is 0.882 bits per heavy atom. The highest BCUT2D eigenvalue weighted by Crippen LogP contribution is 2.24. The molecule has 0 bridgehead atoms. The van der Waals surface area contributed by atoms with Gasteiger partial charge >= 0.3 is 0 Å². The van der Waals surface area contributed by atoms with E-state index in [1.807, 2.05) is 66.9 Å². The third-order valence-corrected chi connectivity index (χ3v) is 5.66. The van der Waals surface area contributed by atoms with Crippen LogP contribution in [0.5, 0.6) is 0 Å². The standard InChI is InChI=1S/C23H16N10S/c1-14-24-10-9-19(26-14)16-3-2-4-18(11-16)33-22-20(29-31-33)12-25-23(28-22)27-17-7-5-15(6-8-17)21-13-34-32-30-21/h2-13H,1H3,(H,25,27,28). The largest absolute Gasteiger partial charge is 0.324 e. The second kappa shape index (κ2) is 8.37. The van der Waals surface area contributed by atoms with Crippen molar-refractivity contribution in [3.05, 3.63) is 78.2 Å². The SMILES string of the molecule is Cc1nccc(-c2cccc(-n3nnc4cnc(Nc5ccc(-c6csnn6)cc5)nc43)c2)n1. The van der Waals surface area contributed by atoms with Gasteiger partial charge in [0.05, 0.1) is 17.6 Å². The number of nitrogens with one attached hydrogen (secondary N) is 1. The summed E-state index contributed by atoms with van der Waals surface area (Å²) in [6.45, 7) is 1.87. The van der Waals surface area contributed by atoms with E-state index in [4.69, 9.17) is 0 Å². The van der Waals surface area contributed by atoms with Crippen molar-refractivity contribution in [3.8, 4) is 28.2 Å². The van der Waals surface area contributed by atoms with Crippen molar-refractivity contribution < 1.29 is 0 Å². The average molecular weight is 465 g/mol. The molecule has 0 amide bonds. The lowest BCUT2D eigenvalue weighted by molar-refractivity contribution is 0.817. The molecule has 0 spiro atoms. The van der Waals surface area contributed by atoms with Gasteiger partial charge in [-0.15, -0.1) is 10.2 Å². The van der Waals surface area contributed by atoms with Crippen molar-refractivity contribution in [2.24, 2.45) is 0 Å². The fourth-order valence-electron chi connectivity index (χ4n) is 3.52. The summed E-state index contributed by atoms with van der Waals surface area (Å²) in [5, 5.41) is 17.8. The van der Waals surface area contributed by atoms with Gasteiger partial charge in [-0.2, -0.15) is 9.67 Å². The number of hydrogen-bond donors (Lipinski definition) is 1. The molecular formula is C23H16N10S. The van der Waals surface area contributed by atoms with E-state index in [1.165, 1.54) is 11.5 Å². The minimum absolute atomic E-state index is 0.446. The number of rotatable bonds is 5. The summed E-state index contributed by atoms with van der Waals surface area (Å²) < 4.78 is 5.60. The first-order valence-electron chi connectivity index (χ1n) is 10.4. The molecule has 6 aromatic rings. The summed E-state index contributed by atoms with van der Waals surface area (Å²) >= 11 is 1.33. The highest BCUT2D eigenvalue weighted by molar-refractivity contribution is 7.03. The number of nitrogens with zero attached hydrogens (tertiary/aromatic N) is 9. The van der Waals surface area contributed by atoms with Crippen LogP contribution in [-0.2, 0) is 0 Å². The molecule has 0 unspecified atom stereocenters. The minimum atomic E-state index is 0.446. The number of fused-ring (bicyclic) bond motifs is 1. The quantitative estimate of drug-likeness (QED) is 0.399. The molecule has 4 aromatic heterocycles. The van der Waals surface area contributed by atoms with Crippen LogP contribution < -0.4 is 5.32 Å². The second-order valence-corrected chi connectivity index (χ2v) is 8.05. The third-order valence-electron chi connectivity index (χ3n) is 5.15. The van der Waals surface area contributed by atoms with E-state index in [2.05, 4.69) is 45.2 Å². The maximum Gasteiger partial charge on any atom is 0.229 e. The Morgan fingerprint density at radius 2 is 1.79 bits per heavy atom. The van der Waals surface area contributed by atoms with Crippen LogP contribution in [0.1, 0.15) is 5.82 Å². The molecule has 2 aromatic carbocycles. The molecule has 11 heteroatoms. The number of anilines is 2. The molecule has 0 atom stereocenters. The molecule has 0 aliphatic carbocycles. The van der Waals surface area contributed by atoms with E-state index in [1.54, 1.807) is 17.1 Å². The lowest BCUT2D eigenvalue weighted by Gasteiger charge is -2.07. The maximum atomic E-state index is 4.67. The van der Waals surface area contributed by atoms with E-state index in [0.29, 0.717) is 22.9 Å². The first-order valence-corrected chi connectivity index (χ1v) is 11.2. The Balaban J connectivity index is 1.31. The van der Waals surface area contributed by atoms with Crippen LogP contribution >= 0.6 is 11.5 Å². The molecule has 0 fully saturated rings. The van der Waals surface area contributed by atoms with Gasteiger partial charge in [-0.25, -0.2) is 15.0 Å². The van der Waals surface area contributed by atoms with Crippen LogP contribution in [0.25, 0.3) is 39.4 Å². The Labute approximate surface area is 197 Å². The Bertz CT molecular complexity index is 1590. The fourth-order valence-corrected chi connectivity index (χ4v) is 3.99. The molecule has 0 saturated carbocycles. The van der Waals surface area contributed by atoms with E-state index in [9.17, 15) is 0 Å². The smallest absolute Gasteiger partial charge is 0.229 e. The third kappa shape index (κ3) is 3.84. The normalized spacial score (nSPS) is 11.1. The van der Waals surface area contributed by atoms with Gasteiger partial charge in [0.15, 0.2) is 11.2 Å². The average Bonchev–Trinajstić information content (AvgIpc) is 3.55. The second-order valence-electron chi connectivity index (χ2n) is 7.44. The van der Waals surface area contributed by atoms with E-state index in [0.717, 1.165) is 33.9 Å². The van der Waals surface area contributed by atoms with Gasteiger partial charge in [0.25, 0.3) is 0 Å². The molecule has 1 N–H and O–H groups in total. The van der Waals surface area contributed by atoms with Gasteiger partial charge in [-0.05, 0) is 48.8 Å². The van der Waals surface area contributed by atoms with Crippen molar-refractivity contribution in [1.29, 1.82) is 0 Å². The van der Waals surface area contributed by atoms with Crippen LogP contribution in [-0.4, -0.2) is 44.5 Å². The zero-order valence-corrected chi connectivity index (χ0v) is 18.7. The van der Waals surface area contributed by atoms with E-state index in [-0.39, 0.29) is 0 Å². The van der Waals surface area contributed by atoms with Crippen LogP contribution in [0.3, 0.4) is 0 Å². The zero-order chi connectivity index (χ0) is 22.9. The molecular weight excluding hydrogens is 448 g/mol. The van der Waals surface area contributed by atoms with Gasteiger partial charge in [-0.3, -0.25) is 0 Å². The Hall–Kier alpha value is -4.64. The molecule has 164 valence electrons.